The summed E-state index contributed by atoms with van der Waals surface area (Å²) in [5, 5.41) is 15.3. The summed E-state index contributed by atoms with van der Waals surface area (Å²) >= 11 is 0. The Morgan fingerprint density at radius 2 is 1.72 bits per heavy atom. The molecule has 0 saturated carbocycles. The van der Waals surface area contributed by atoms with Crippen LogP contribution in [-0.2, 0) is 0 Å². The van der Waals surface area contributed by atoms with E-state index in [0.29, 0.717) is 5.75 Å². The minimum absolute atomic E-state index is 0.349. The highest BCUT2D eigenvalue weighted by Gasteiger charge is 2.02. The van der Waals surface area contributed by atoms with Crippen molar-refractivity contribution in [1.29, 1.82) is 0 Å². The average Bonchev–Trinajstić information content (AvgIpc) is 2.39. The lowest BCUT2D eigenvalue weighted by atomic mass is 10.1. The van der Waals surface area contributed by atoms with Crippen LogP contribution in [0.3, 0.4) is 0 Å². The molecule has 0 saturated heterocycles. The molecule has 2 rings (SSSR count). The van der Waals surface area contributed by atoms with Gasteiger partial charge in [-0.15, -0.1) is 0 Å². The predicted octanol–water partition coefficient (Wildman–Crippen LogP) is 4.54. The highest BCUT2D eigenvalue weighted by Crippen LogP contribution is 2.29. The Morgan fingerprint density at radius 1 is 0.944 bits per heavy atom. The fourth-order valence-corrected chi connectivity index (χ4v) is 2.22. The van der Waals surface area contributed by atoms with Gasteiger partial charge in [-0.1, -0.05) is 50.5 Å². The van der Waals surface area contributed by atoms with Crippen molar-refractivity contribution in [2.75, 3.05) is 11.9 Å². The molecular formula is C16H21NO. The summed E-state index contributed by atoms with van der Waals surface area (Å²) in [4.78, 5) is 0. The molecule has 0 heterocycles. The summed E-state index contributed by atoms with van der Waals surface area (Å²) < 4.78 is 0. The molecule has 0 fully saturated rings. The van der Waals surface area contributed by atoms with Gasteiger partial charge in [0, 0.05) is 23.0 Å². The molecule has 0 unspecified atom stereocenters. The normalized spacial score (nSPS) is 10.7. The van der Waals surface area contributed by atoms with E-state index in [1.165, 1.54) is 25.7 Å². The smallest absolute Gasteiger partial charge is 0.123 e. The Hall–Kier alpha value is -1.70. The van der Waals surface area contributed by atoms with Gasteiger partial charge in [0.05, 0.1) is 0 Å². The van der Waals surface area contributed by atoms with Gasteiger partial charge in [-0.05, 0) is 18.6 Å². The van der Waals surface area contributed by atoms with Gasteiger partial charge in [0.15, 0.2) is 0 Å². The van der Waals surface area contributed by atoms with Gasteiger partial charge in [0.2, 0.25) is 0 Å². The Morgan fingerprint density at radius 3 is 2.56 bits per heavy atom. The lowest BCUT2D eigenvalue weighted by molar-refractivity contribution is 0.481. The van der Waals surface area contributed by atoms with Gasteiger partial charge in [-0.3, -0.25) is 0 Å². The molecule has 0 aliphatic rings. The molecule has 0 atom stereocenters. The van der Waals surface area contributed by atoms with Crippen LogP contribution < -0.4 is 5.32 Å². The quantitative estimate of drug-likeness (QED) is 0.730. The van der Waals surface area contributed by atoms with Crippen molar-refractivity contribution in [3.8, 4) is 5.75 Å². The van der Waals surface area contributed by atoms with Gasteiger partial charge in [-0.2, -0.15) is 0 Å². The minimum atomic E-state index is 0.349. The number of phenolic OH excluding ortho intramolecular Hbond substituents is 1. The Labute approximate surface area is 109 Å². The van der Waals surface area contributed by atoms with Crippen LogP contribution in [0.15, 0.2) is 36.4 Å². The topological polar surface area (TPSA) is 32.3 Å². The molecule has 0 bridgehead atoms. The fourth-order valence-electron chi connectivity index (χ4n) is 2.22. The molecule has 0 aromatic heterocycles. The first-order valence-corrected chi connectivity index (χ1v) is 6.77. The molecule has 2 N–H and O–H groups in total. The summed E-state index contributed by atoms with van der Waals surface area (Å²) in [6, 6.07) is 11.7. The molecule has 2 aromatic carbocycles. The molecule has 18 heavy (non-hydrogen) atoms. The summed E-state index contributed by atoms with van der Waals surface area (Å²) in [5.41, 5.74) is 1.11. The van der Waals surface area contributed by atoms with Gasteiger partial charge in [0.25, 0.3) is 0 Å². The van der Waals surface area contributed by atoms with Crippen molar-refractivity contribution >= 4 is 16.5 Å². The van der Waals surface area contributed by atoms with E-state index in [1.807, 2.05) is 24.3 Å². The fraction of sp³-hybridized carbons (Fsp3) is 0.375. The lowest BCUT2D eigenvalue weighted by Gasteiger charge is -2.10. The summed E-state index contributed by atoms with van der Waals surface area (Å²) in [7, 11) is 0. The van der Waals surface area contributed by atoms with E-state index in [-0.39, 0.29) is 0 Å². The van der Waals surface area contributed by atoms with Gasteiger partial charge in [-0.25, -0.2) is 0 Å². The predicted molar refractivity (Wildman–Crippen MR) is 78.2 cm³/mol. The number of hydrogen-bond donors (Lipinski definition) is 2. The number of unbranched alkanes of at least 4 members (excludes halogenated alkanes) is 3. The van der Waals surface area contributed by atoms with E-state index in [1.54, 1.807) is 6.07 Å². The third kappa shape index (κ3) is 2.95. The number of aromatic hydroxyl groups is 1. The first-order chi connectivity index (χ1) is 8.83. The van der Waals surface area contributed by atoms with Gasteiger partial charge in [0.1, 0.15) is 5.75 Å². The number of anilines is 1. The van der Waals surface area contributed by atoms with Crippen LogP contribution in [0.1, 0.15) is 32.6 Å². The zero-order chi connectivity index (χ0) is 12.8. The van der Waals surface area contributed by atoms with Crippen molar-refractivity contribution in [3.05, 3.63) is 36.4 Å². The highest BCUT2D eigenvalue weighted by atomic mass is 16.3. The van der Waals surface area contributed by atoms with Crippen LogP contribution in [0.2, 0.25) is 0 Å². The second-order valence-electron chi connectivity index (χ2n) is 4.67. The Balaban J connectivity index is 2.07. The van der Waals surface area contributed by atoms with Crippen molar-refractivity contribution in [1.82, 2.24) is 0 Å². The van der Waals surface area contributed by atoms with E-state index < -0.39 is 0 Å². The van der Waals surface area contributed by atoms with E-state index in [0.717, 1.165) is 23.0 Å². The second kappa shape index (κ2) is 6.29. The molecule has 0 radical (unpaired) electrons. The van der Waals surface area contributed by atoms with Crippen molar-refractivity contribution in [2.24, 2.45) is 0 Å². The zero-order valence-electron chi connectivity index (χ0n) is 10.9. The van der Waals surface area contributed by atoms with Gasteiger partial charge < -0.3 is 10.4 Å². The number of phenols is 1. The molecule has 0 aliphatic carbocycles. The number of nitrogens with one attached hydrogen (secondary N) is 1. The van der Waals surface area contributed by atoms with Crippen LogP contribution in [0.25, 0.3) is 10.8 Å². The Kier molecular flexibility index (Phi) is 4.46. The molecule has 2 nitrogen and oxygen atoms in total. The maximum Gasteiger partial charge on any atom is 0.123 e. The number of fused-ring (bicyclic) bond motifs is 1. The van der Waals surface area contributed by atoms with Crippen LogP contribution >= 0.6 is 0 Å². The standard InChI is InChI=1S/C16H21NO/c1-2-3-4-5-12-17-15-10-6-9-14-13(15)8-7-11-16(14)18/h6-11,17-18H,2-5,12H2,1H3. The van der Waals surface area contributed by atoms with Gasteiger partial charge >= 0.3 is 0 Å². The van der Waals surface area contributed by atoms with E-state index in [9.17, 15) is 5.11 Å². The molecule has 96 valence electrons. The summed E-state index contributed by atoms with van der Waals surface area (Å²) in [6.45, 7) is 3.22. The van der Waals surface area contributed by atoms with Crippen molar-refractivity contribution in [3.63, 3.8) is 0 Å². The SMILES string of the molecule is CCCCCCNc1cccc2c(O)cccc12. The van der Waals surface area contributed by atoms with Crippen molar-refractivity contribution in [2.45, 2.75) is 32.6 Å². The number of rotatable bonds is 6. The number of benzene rings is 2. The Bertz CT molecular complexity index is 507. The molecule has 0 spiro atoms. The van der Waals surface area contributed by atoms with E-state index >= 15 is 0 Å². The summed E-state index contributed by atoms with van der Waals surface area (Å²) in [6.07, 6.45) is 5.04. The van der Waals surface area contributed by atoms with E-state index in [4.69, 9.17) is 0 Å². The third-order valence-corrected chi connectivity index (χ3v) is 3.24. The first kappa shape index (κ1) is 12.7. The number of hydrogen-bond acceptors (Lipinski definition) is 2. The molecular weight excluding hydrogens is 222 g/mol. The summed E-state index contributed by atoms with van der Waals surface area (Å²) in [5.74, 6) is 0.349. The molecule has 0 amide bonds. The monoisotopic (exact) mass is 243 g/mol. The third-order valence-electron chi connectivity index (χ3n) is 3.24. The average molecular weight is 243 g/mol. The largest absolute Gasteiger partial charge is 0.507 e. The molecule has 2 aromatic rings. The second-order valence-corrected chi connectivity index (χ2v) is 4.67. The minimum Gasteiger partial charge on any atom is -0.507 e. The van der Waals surface area contributed by atoms with Crippen LogP contribution in [0.4, 0.5) is 5.69 Å². The highest BCUT2D eigenvalue weighted by molar-refractivity contribution is 5.97. The maximum atomic E-state index is 9.81. The lowest BCUT2D eigenvalue weighted by Crippen LogP contribution is -2.01. The molecule has 2 heteroatoms. The maximum absolute atomic E-state index is 9.81. The van der Waals surface area contributed by atoms with E-state index in [2.05, 4.69) is 18.3 Å². The van der Waals surface area contributed by atoms with Crippen LogP contribution in [0.5, 0.6) is 5.75 Å². The first-order valence-electron chi connectivity index (χ1n) is 6.77. The molecule has 0 aliphatic heterocycles. The van der Waals surface area contributed by atoms with Crippen molar-refractivity contribution < 1.29 is 5.11 Å². The zero-order valence-corrected chi connectivity index (χ0v) is 10.9. The van der Waals surface area contributed by atoms with Crippen LogP contribution in [0, 0.1) is 0 Å². The van der Waals surface area contributed by atoms with Crippen LogP contribution in [-0.4, -0.2) is 11.7 Å².